The summed E-state index contributed by atoms with van der Waals surface area (Å²) in [5.74, 6) is 0. The maximum Gasteiger partial charge on any atom is 0.292 e. The van der Waals surface area contributed by atoms with Crippen LogP contribution in [0.1, 0.15) is 118 Å². The van der Waals surface area contributed by atoms with E-state index >= 15 is 0 Å². The van der Waals surface area contributed by atoms with Gasteiger partial charge in [-0.1, -0.05) is 264 Å². The van der Waals surface area contributed by atoms with E-state index in [0.29, 0.717) is 5.69 Å². The molecule has 0 aliphatic carbocycles. The first-order valence-electron chi connectivity index (χ1n) is 26.1. The van der Waals surface area contributed by atoms with E-state index in [2.05, 4.69) is 31.8 Å². The third kappa shape index (κ3) is 40.6. The molecular formula is C65H96N7O+. The van der Waals surface area contributed by atoms with Crippen LogP contribution < -0.4 is 21.6 Å². The molecule has 0 heterocycles. The number of para-hydroxylation sites is 6. The van der Waals surface area contributed by atoms with Crippen molar-refractivity contribution in [1.82, 2.24) is 0 Å². The van der Waals surface area contributed by atoms with Crippen molar-refractivity contribution in [2.24, 2.45) is 10.2 Å². The van der Waals surface area contributed by atoms with Gasteiger partial charge in [-0.25, -0.2) is 0 Å². The molecule has 0 saturated carbocycles. The fraction of sp³-hybridized carbons (Fsp3) is 0.262. The van der Waals surface area contributed by atoms with Crippen molar-refractivity contribution in [2.75, 3.05) is 21.6 Å². The molecule has 396 valence electrons. The Balaban J connectivity index is -0.000000256. The van der Waals surface area contributed by atoms with Gasteiger partial charge in [-0.2, -0.15) is 10.2 Å². The van der Waals surface area contributed by atoms with Gasteiger partial charge in [0.05, 0.1) is 27.7 Å². The number of nitrogens with zero attached hydrogens (tertiary/aromatic N) is 3. The van der Waals surface area contributed by atoms with Crippen LogP contribution in [0.25, 0.3) is 0 Å². The average Bonchev–Trinajstić information content (AvgIpc) is 3.51. The number of benzene rings is 8. The van der Waals surface area contributed by atoms with Crippen LogP contribution in [0.15, 0.2) is 253 Å². The second-order valence-corrected chi connectivity index (χ2v) is 11.8. The number of hydrogen-bond donors (Lipinski definition) is 4. The van der Waals surface area contributed by atoms with Gasteiger partial charge in [-0.3, -0.25) is 0 Å². The predicted molar refractivity (Wildman–Crippen MR) is 331 cm³/mol. The van der Waals surface area contributed by atoms with E-state index in [-0.39, 0.29) is 7.43 Å². The summed E-state index contributed by atoms with van der Waals surface area (Å²) in [6.07, 6.45) is 0. The second-order valence-electron chi connectivity index (χ2n) is 11.8. The Hall–Kier alpha value is -7.84. The van der Waals surface area contributed by atoms with Crippen molar-refractivity contribution in [1.29, 1.82) is 0 Å². The van der Waals surface area contributed by atoms with E-state index in [0.717, 1.165) is 44.7 Å². The number of anilines is 5. The minimum atomic E-state index is 0. The highest BCUT2D eigenvalue weighted by Gasteiger charge is 2.12. The van der Waals surface area contributed by atoms with E-state index in [1.165, 1.54) is 0 Å². The molecule has 8 aromatic rings. The number of hydrogen-bond acceptors (Lipinski definition) is 6. The average molecular weight is 992 g/mol. The van der Waals surface area contributed by atoms with E-state index < -0.39 is 0 Å². The van der Waals surface area contributed by atoms with Crippen LogP contribution in [0.3, 0.4) is 0 Å². The van der Waals surface area contributed by atoms with Gasteiger partial charge in [-0.05, 0) is 84.9 Å². The minimum Gasteiger partial charge on any atom is -0.356 e. The molecule has 0 amide bonds. The zero-order chi connectivity index (χ0) is 54.7. The van der Waals surface area contributed by atoms with Crippen molar-refractivity contribution < 1.29 is 4.87 Å². The number of hydrazine groups is 2. The molecule has 0 aromatic heterocycles. The van der Waals surface area contributed by atoms with E-state index in [9.17, 15) is 4.91 Å². The van der Waals surface area contributed by atoms with E-state index in [1.807, 2.05) is 341 Å². The molecule has 0 bridgehead atoms. The first kappa shape index (κ1) is 74.1. The monoisotopic (exact) mass is 991 g/mol. The normalized spacial score (nSPS) is 8.16. The zero-order valence-corrected chi connectivity index (χ0v) is 46.8. The van der Waals surface area contributed by atoms with Gasteiger partial charge in [0.2, 0.25) is 0 Å². The van der Waals surface area contributed by atoms with Crippen LogP contribution in [0.2, 0.25) is 0 Å². The summed E-state index contributed by atoms with van der Waals surface area (Å²) in [7, 11) is 0. The van der Waals surface area contributed by atoms with Crippen LogP contribution >= 0.6 is 0 Å². The van der Waals surface area contributed by atoms with E-state index in [4.69, 9.17) is 0 Å². The van der Waals surface area contributed by atoms with Crippen molar-refractivity contribution in [3.63, 3.8) is 0 Å². The molecule has 8 heteroatoms. The van der Waals surface area contributed by atoms with Crippen molar-refractivity contribution in [2.45, 2.75) is 118 Å². The lowest BCUT2D eigenvalue weighted by atomic mass is 10.3. The van der Waals surface area contributed by atoms with E-state index in [1.54, 1.807) is 12.1 Å². The fourth-order valence-electron chi connectivity index (χ4n) is 4.76. The number of nitroso groups, excluding NO2 is 1. The molecule has 8 aromatic carbocycles. The van der Waals surface area contributed by atoms with Crippen LogP contribution in [0.5, 0.6) is 0 Å². The van der Waals surface area contributed by atoms with Gasteiger partial charge in [0.25, 0.3) is 5.69 Å². The van der Waals surface area contributed by atoms with Crippen molar-refractivity contribution in [3.8, 4) is 0 Å². The van der Waals surface area contributed by atoms with Crippen LogP contribution in [0, 0.1) is 4.91 Å². The standard InChI is InChI=1S/C12H11N2O.C12H12N2.C12H10N2.C12H11N.8C2H6.CH4/c15-14(12-9-5-2-6-10-12)13-11-7-3-1-4-8-11;2*1-3-7-11(8-4-1)13-14-12-9-5-2-6-10-12;1-3-7-11(8-4-1)13-12-9-5-2-6-10-12;8*1-2;/h1-10H,(H,13,15);1-10,13-14H;1-10H;1-10,13H;8*1-2H3;1H4/q+1;;;;;;;;;;;;. The Morgan fingerprint density at radius 2 is 0.479 bits per heavy atom. The predicted octanol–water partition coefficient (Wildman–Crippen LogP) is 22.6. The van der Waals surface area contributed by atoms with Gasteiger partial charge >= 0.3 is 0 Å². The van der Waals surface area contributed by atoms with Gasteiger partial charge in [0, 0.05) is 23.5 Å². The lowest BCUT2D eigenvalue weighted by molar-refractivity contribution is -0.427. The van der Waals surface area contributed by atoms with Crippen molar-refractivity contribution >= 4 is 45.5 Å². The summed E-state index contributed by atoms with van der Waals surface area (Å²) < 4.78 is 0. The highest BCUT2D eigenvalue weighted by Crippen LogP contribution is 2.17. The molecule has 0 saturated heterocycles. The summed E-state index contributed by atoms with van der Waals surface area (Å²) in [4.78, 5) is 12.4. The summed E-state index contributed by atoms with van der Waals surface area (Å²) >= 11 is 0. The molecule has 0 aliphatic rings. The maximum absolute atomic E-state index is 11.6. The smallest absolute Gasteiger partial charge is 0.292 e. The minimum absolute atomic E-state index is 0. The lowest BCUT2D eigenvalue weighted by Gasteiger charge is -2.08. The summed E-state index contributed by atoms with van der Waals surface area (Å²) in [6, 6.07) is 78.1. The summed E-state index contributed by atoms with van der Waals surface area (Å²) in [5, 5.41) is 11.5. The van der Waals surface area contributed by atoms with Gasteiger partial charge in [-0.15, -0.1) is 5.43 Å². The third-order valence-electron chi connectivity index (χ3n) is 7.52. The second kappa shape index (κ2) is 60.3. The van der Waals surface area contributed by atoms with Crippen LogP contribution in [-0.4, -0.2) is 4.87 Å². The first-order valence-corrected chi connectivity index (χ1v) is 26.1. The molecule has 73 heavy (non-hydrogen) atoms. The maximum atomic E-state index is 11.6. The topological polar surface area (TPSA) is 92.9 Å². The largest absolute Gasteiger partial charge is 0.356 e. The Morgan fingerprint density at radius 3 is 0.740 bits per heavy atom. The first-order chi connectivity index (χ1) is 35.7. The fourth-order valence-corrected chi connectivity index (χ4v) is 4.76. The zero-order valence-electron chi connectivity index (χ0n) is 46.8. The van der Waals surface area contributed by atoms with Crippen LogP contribution in [0.4, 0.5) is 45.5 Å². The Bertz CT molecular complexity index is 2120. The number of rotatable bonds is 10. The Morgan fingerprint density at radius 1 is 0.274 bits per heavy atom. The highest BCUT2D eigenvalue weighted by atomic mass is 16.3. The highest BCUT2D eigenvalue weighted by molar-refractivity contribution is 5.59. The molecule has 0 atom stereocenters. The molecule has 4 N–H and O–H groups in total. The van der Waals surface area contributed by atoms with Gasteiger partial charge < -0.3 is 16.2 Å². The third-order valence-corrected chi connectivity index (χ3v) is 7.52. The quantitative estimate of drug-likeness (QED) is 0.0622. The molecule has 8 nitrogen and oxygen atoms in total. The van der Waals surface area contributed by atoms with Crippen molar-refractivity contribution in [3.05, 3.63) is 248 Å². The summed E-state index contributed by atoms with van der Waals surface area (Å²) in [5.41, 5.74) is 16.4. The Labute approximate surface area is 446 Å². The number of nitrogens with one attached hydrogen (secondary N) is 4. The molecular weight excluding hydrogens is 895 g/mol. The molecule has 0 fully saturated rings. The van der Waals surface area contributed by atoms with Gasteiger partial charge in [0.15, 0.2) is 4.87 Å². The molecule has 0 radical (unpaired) electrons. The van der Waals surface area contributed by atoms with Gasteiger partial charge in [0.1, 0.15) is 5.69 Å². The molecule has 0 aliphatic heterocycles. The molecule has 0 spiro atoms. The number of azo groups is 1. The molecule has 0 unspecified atom stereocenters. The lowest BCUT2D eigenvalue weighted by Crippen LogP contribution is -2.09. The molecule has 8 rings (SSSR count). The van der Waals surface area contributed by atoms with Crippen LogP contribution in [-0.2, 0) is 0 Å². The summed E-state index contributed by atoms with van der Waals surface area (Å²) in [6.45, 7) is 32.0. The Kier molecular flexibility index (Phi) is 61.2. The SMILES string of the molecule is C.CC.CC.CC.CC.CC.CC.CC.CC.O=[N+](Nc1ccccc1)c1ccccc1.c1ccc(N=Nc2ccccc2)cc1.c1ccc(NNc2ccccc2)cc1.c1ccc(Nc2ccccc2)cc1.